The fraction of sp³-hybridized carbons (Fsp3) is 0.438. The van der Waals surface area contributed by atoms with Crippen molar-refractivity contribution in [2.75, 3.05) is 23.8 Å². The minimum Gasteiger partial charge on any atom is -0.338 e. The lowest BCUT2D eigenvalue weighted by molar-refractivity contribution is -0.129. The summed E-state index contributed by atoms with van der Waals surface area (Å²) >= 11 is 1.31. The van der Waals surface area contributed by atoms with Gasteiger partial charge in [-0.2, -0.15) is 0 Å². The molecule has 1 aromatic heterocycles. The lowest BCUT2D eigenvalue weighted by Gasteiger charge is -2.26. The number of hydrogen-bond donors (Lipinski definition) is 0. The van der Waals surface area contributed by atoms with E-state index in [9.17, 15) is 13.2 Å². The van der Waals surface area contributed by atoms with Gasteiger partial charge in [-0.1, -0.05) is 30.0 Å². The molecular formula is C16H20N4O3S2. The lowest BCUT2D eigenvalue weighted by atomic mass is 10.2. The summed E-state index contributed by atoms with van der Waals surface area (Å²) in [6.45, 7) is 2.38. The number of sulfone groups is 1. The molecule has 1 atom stereocenters. The molecule has 0 aliphatic carbocycles. The molecule has 1 aromatic carbocycles. The van der Waals surface area contributed by atoms with Crippen molar-refractivity contribution in [3.63, 3.8) is 0 Å². The van der Waals surface area contributed by atoms with E-state index in [2.05, 4.69) is 10.2 Å². The largest absolute Gasteiger partial charge is 0.338 e. The van der Waals surface area contributed by atoms with Crippen molar-refractivity contribution >= 4 is 27.5 Å². The van der Waals surface area contributed by atoms with E-state index in [4.69, 9.17) is 0 Å². The Morgan fingerprint density at radius 1 is 1.36 bits per heavy atom. The molecule has 1 fully saturated rings. The minimum absolute atomic E-state index is 0.0669. The normalized spacial score (nSPS) is 19.0. The average Bonchev–Trinajstić information content (AvgIpc) is 3.21. The van der Waals surface area contributed by atoms with Crippen LogP contribution < -0.4 is 0 Å². The summed E-state index contributed by atoms with van der Waals surface area (Å²) in [5.74, 6) is 0.363. The van der Waals surface area contributed by atoms with Crippen LogP contribution in [-0.2, 0) is 14.6 Å². The van der Waals surface area contributed by atoms with E-state index in [-0.39, 0.29) is 29.2 Å². The van der Waals surface area contributed by atoms with Crippen LogP contribution in [0, 0.1) is 0 Å². The number of aromatic nitrogens is 3. The van der Waals surface area contributed by atoms with Gasteiger partial charge >= 0.3 is 0 Å². The molecule has 0 N–H and O–H groups in total. The van der Waals surface area contributed by atoms with E-state index < -0.39 is 9.84 Å². The minimum atomic E-state index is -3.01. The summed E-state index contributed by atoms with van der Waals surface area (Å²) in [7, 11) is -3.01. The predicted molar refractivity (Wildman–Crippen MR) is 96.5 cm³/mol. The molecule has 0 spiro atoms. The maximum Gasteiger partial charge on any atom is 0.233 e. The fourth-order valence-electron chi connectivity index (χ4n) is 2.96. The Hall–Kier alpha value is -1.87. The predicted octanol–water partition coefficient (Wildman–Crippen LogP) is 1.40. The molecule has 2 heterocycles. The first-order chi connectivity index (χ1) is 12.0. The first-order valence-electron chi connectivity index (χ1n) is 8.08. The van der Waals surface area contributed by atoms with E-state index in [1.807, 2.05) is 41.8 Å². The first kappa shape index (κ1) is 17.9. The van der Waals surface area contributed by atoms with Crippen molar-refractivity contribution in [1.82, 2.24) is 19.7 Å². The Labute approximate surface area is 151 Å². The zero-order chi connectivity index (χ0) is 17.9. The average molecular weight is 380 g/mol. The van der Waals surface area contributed by atoms with E-state index in [0.717, 1.165) is 5.69 Å². The van der Waals surface area contributed by atoms with Gasteiger partial charge in [-0.05, 0) is 25.5 Å². The molecule has 9 heteroatoms. The van der Waals surface area contributed by atoms with Crippen LogP contribution >= 0.6 is 11.8 Å². The van der Waals surface area contributed by atoms with Crippen molar-refractivity contribution < 1.29 is 13.2 Å². The number of nitrogens with zero attached hydrogens (tertiary/aromatic N) is 4. The van der Waals surface area contributed by atoms with Gasteiger partial charge in [-0.3, -0.25) is 9.36 Å². The molecule has 134 valence electrons. The molecular weight excluding hydrogens is 360 g/mol. The van der Waals surface area contributed by atoms with Crippen molar-refractivity contribution in [3.05, 3.63) is 36.7 Å². The number of benzene rings is 1. The quantitative estimate of drug-likeness (QED) is 0.704. The fourth-order valence-corrected chi connectivity index (χ4v) is 5.50. The van der Waals surface area contributed by atoms with Crippen LogP contribution in [0.4, 0.5) is 0 Å². The van der Waals surface area contributed by atoms with Gasteiger partial charge in [-0.15, -0.1) is 10.2 Å². The molecule has 0 unspecified atom stereocenters. The van der Waals surface area contributed by atoms with Crippen molar-refractivity contribution in [2.45, 2.75) is 24.5 Å². The summed E-state index contributed by atoms with van der Waals surface area (Å²) in [6.07, 6.45) is 2.13. The van der Waals surface area contributed by atoms with Crippen molar-refractivity contribution in [1.29, 1.82) is 0 Å². The lowest BCUT2D eigenvalue weighted by Crippen LogP contribution is -2.42. The molecule has 3 rings (SSSR count). The van der Waals surface area contributed by atoms with Gasteiger partial charge in [0.05, 0.1) is 17.3 Å². The first-order valence-corrected chi connectivity index (χ1v) is 10.9. The second kappa shape index (κ2) is 7.57. The smallest absolute Gasteiger partial charge is 0.233 e. The highest BCUT2D eigenvalue weighted by Crippen LogP contribution is 2.22. The highest BCUT2D eigenvalue weighted by Gasteiger charge is 2.33. The third kappa shape index (κ3) is 4.21. The summed E-state index contributed by atoms with van der Waals surface area (Å²) in [6, 6.07) is 9.45. The number of amides is 1. The number of carbonyl (C=O) groups is 1. The number of carbonyl (C=O) groups excluding carboxylic acids is 1. The second-order valence-corrected chi connectivity index (χ2v) is 9.02. The number of para-hydroxylation sites is 1. The van der Waals surface area contributed by atoms with Gasteiger partial charge in [0.15, 0.2) is 15.0 Å². The Balaban J connectivity index is 1.66. The van der Waals surface area contributed by atoms with Crippen LogP contribution in [0.5, 0.6) is 0 Å². The van der Waals surface area contributed by atoms with Crippen LogP contribution in [0.15, 0.2) is 41.8 Å². The van der Waals surface area contributed by atoms with Gasteiger partial charge in [0.1, 0.15) is 6.33 Å². The maximum absolute atomic E-state index is 12.6. The molecule has 2 aromatic rings. The zero-order valence-corrected chi connectivity index (χ0v) is 15.5. The Kier molecular flexibility index (Phi) is 5.43. The maximum atomic E-state index is 12.6. The number of thioether (sulfide) groups is 1. The van der Waals surface area contributed by atoms with E-state index in [1.165, 1.54) is 11.8 Å². The molecule has 1 amide bonds. The Morgan fingerprint density at radius 3 is 2.76 bits per heavy atom. The molecule has 0 radical (unpaired) electrons. The van der Waals surface area contributed by atoms with Gasteiger partial charge in [0.2, 0.25) is 5.91 Å². The van der Waals surface area contributed by atoms with Crippen LogP contribution in [-0.4, -0.2) is 63.8 Å². The van der Waals surface area contributed by atoms with E-state index in [1.54, 1.807) is 11.2 Å². The molecule has 0 saturated carbocycles. The van der Waals surface area contributed by atoms with Crippen molar-refractivity contribution in [3.8, 4) is 5.69 Å². The SMILES string of the molecule is CCN(C(=O)CSc1nncn1-c1ccccc1)[C@@H]1CCS(=O)(=O)C1. The van der Waals surface area contributed by atoms with Gasteiger partial charge in [0, 0.05) is 18.3 Å². The highest BCUT2D eigenvalue weighted by molar-refractivity contribution is 7.99. The Morgan fingerprint density at radius 2 is 2.12 bits per heavy atom. The van der Waals surface area contributed by atoms with Crippen LogP contribution in [0.25, 0.3) is 5.69 Å². The monoisotopic (exact) mass is 380 g/mol. The number of hydrogen-bond acceptors (Lipinski definition) is 6. The highest BCUT2D eigenvalue weighted by atomic mass is 32.2. The second-order valence-electron chi connectivity index (χ2n) is 5.84. The molecule has 0 bridgehead atoms. The summed E-state index contributed by atoms with van der Waals surface area (Å²) in [4.78, 5) is 14.2. The van der Waals surface area contributed by atoms with Crippen LogP contribution in [0.3, 0.4) is 0 Å². The van der Waals surface area contributed by atoms with Crippen LogP contribution in [0.2, 0.25) is 0 Å². The zero-order valence-electron chi connectivity index (χ0n) is 13.9. The van der Waals surface area contributed by atoms with Gasteiger partial charge in [0.25, 0.3) is 0 Å². The summed E-state index contributed by atoms with van der Waals surface area (Å²) in [5.41, 5.74) is 0.927. The third-order valence-electron chi connectivity index (χ3n) is 4.19. The molecule has 7 nitrogen and oxygen atoms in total. The molecule has 25 heavy (non-hydrogen) atoms. The van der Waals surface area contributed by atoms with E-state index in [0.29, 0.717) is 18.1 Å². The summed E-state index contributed by atoms with van der Waals surface area (Å²) < 4.78 is 25.2. The summed E-state index contributed by atoms with van der Waals surface area (Å²) in [5, 5.41) is 8.64. The Bertz CT molecular complexity index is 836. The van der Waals surface area contributed by atoms with E-state index >= 15 is 0 Å². The molecule has 1 saturated heterocycles. The molecule has 1 aliphatic heterocycles. The third-order valence-corrected chi connectivity index (χ3v) is 6.86. The topological polar surface area (TPSA) is 85.2 Å². The standard InChI is InChI=1S/C16H20N4O3S2/c1-2-19(14-8-9-25(22,23)11-14)15(21)10-24-16-18-17-12-20(16)13-6-4-3-5-7-13/h3-7,12,14H,2,8-11H2,1H3/t14-/m1/s1. The van der Waals surface area contributed by atoms with Gasteiger partial charge in [-0.25, -0.2) is 8.42 Å². The van der Waals surface area contributed by atoms with Gasteiger partial charge < -0.3 is 4.90 Å². The van der Waals surface area contributed by atoms with Crippen molar-refractivity contribution in [2.24, 2.45) is 0 Å². The molecule has 1 aliphatic rings. The number of rotatable bonds is 6. The van der Waals surface area contributed by atoms with Crippen LogP contribution in [0.1, 0.15) is 13.3 Å².